The Hall–Kier alpha value is -2.30. The van der Waals surface area contributed by atoms with Crippen molar-refractivity contribution in [3.05, 3.63) is 54.6 Å². The van der Waals surface area contributed by atoms with Crippen LogP contribution in [0.3, 0.4) is 0 Å². The molecule has 1 saturated heterocycles. The second-order valence-corrected chi connectivity index (χ2v) is 7.36. The molecule has 0 spiro atoms. The lowest BCUT2D eigenvalue weighted by Gasteiger charge is -2.16. The van der Waals surface area contributed by atoms with Crippen LogP contribution in [0.25, 0.3) is 17.2 Å². The van der Waals surface area contributed by atoms with E-state index in [9.17, 15) is 15.3 Å². The summed E-state index contributed by atoms with van der Waals surface area (Å²) in [4.78, 5) is 12.9. The van der Waals surface area contributed by atoms with Crippen LogP contribution in [-0.2, 0) is 4.74 Å². The molecular weight excluding hydrogens is 380 g/mol. The first-order chi connectivity index (χ1) is 13.7. The average molecular weight is 400 g/mol. The number of aromatic nitrogens is 4. The van der Waals surface area contributed by atoms with E-state index >= 15 is 0 Å². The predicted molar refractivity (Wildman–Crippen MR) is 105 cm³/mol. The quantitative estimate of drug-likeness (QED) is 0.418. The molecule has 0 radical (unpaired) electrons. The standard InChI is InChI=1S/C19H20N4O4S/c24-9-13-15(25)16(26)19(27-13)23-11-22-14-17(23)20-10-21-18(14)28-8-4-7-12-5-2-1-3-6-12/h1-7,10-11,13,15-16,19,24-26H,8-9H2/b7-4-. The fraction of sp³-hybridized carbons (Fsp3) is 0.316. The van der Waals surface area contributed by atoms with Gasteiger partial charge in [-0.2, -0.15) is 0 Å². The van der Waals surface area contributed by atoms with Crippen molar-refractivity contribution < 1.29 is 20.1 Å². The molecule has 0 saturated carbocycles. The molecule has 0 aliphatic carbocycles. The van der Waals surface area contributed by atoms with E-state index in [4.69, 9.17) is 4.74 Å². The van der Waals surface area contributed by atoms with Crippen LogP contribution in [-0.4, -0.2) is 65.5 Å². The molecule has 1 aliphatic heterocycles. The van der Waals surface area contributed by atoms with Gasteiger partial charge in [0.1, 0.15) is 35.2 Å². The van der Waals surface area contributed by atoms with Gasteiger partial charge < -0.3 is 20.1 Å². The van der Waals surface area contributed by atoms with E-state index in [2.05, 4.69) is 21.0 Å². The van der Waals surface area contributed by atoms with E-state index in [-0.39, 0.29) is 6.61 Å². The largest absolute Gasteiger partial charge is 0.394 e. The van der Waals surface area contributed by atoms with Crippen LogP contribution in [0, 0.1) is 0 Å². The Kier molecular flexibility index (Phi) is 5.69. The van der Waals surface area contributed by atoms with Gasteiger partial charge in [0.2, 0.25) is 0 Å². The number of imidazole rings is 1. The van der Waals surface area contributed by atoms with Crippen LogP contribution in [0.4, 0.5) is 0 Å². The van der Waals surface area contributed by atoms with E-state index in [1.54, 1.807) is 4.57 Å². The number of hydrogen-bond acceptors (Lipinski definition) is 8. The molecule has 146 valence electrons. The van der Waals surface area contributed by atoms with Crippen molar-refractivity contribution in [1.82, 2.24) is 19.5 Å². The molecule has 0 bridgehead atoms. The van der Waals surface area contributed by atoms with Crippen molar-refractivity contribution in [3.8, 4) is 0 Å². The van der Waals surface area contributed by atoms with Crippen molar-refractivity contribution >= 4 is 29.0 Å². The first-order valence-electron chi connectivity index (χ1n) is 8.83. The van der Waals surface area contributed by atoms with E-state index in [0.717, 1.165) is 5.56 Å². The van der Waals surface area contributed by atoms with Crippen molar-refractivity contribution in [1.29, 1.82) is 0 Å². The molecule has 4 atom stereocenters. The van der Waals surface area contributed by atoms with Gasteiger partial charge in [-0.25, -0.2) is 15.0 Å². The van der Waals surface area contributed by atoms with Crippen LogP contribution in [0.1, 0.15) is 11.8 Å². The summed E-state index contributed by atoms with van der Waals surface area (Å²) in [6.07, 6.45) is 2.95. The summed E-state index contributed by atoms with van der Waals surface area (Å²) in [5, 5.41) is 30.2. The number of hydrogen-bond donors (Lipinski definition) is 3. The van der Waals surface area contributed by atoms with Gasteiger partial charge in [0.05, 0.1) is 12.9 Å². The highest BCUT2D eigenvalue weighted by Crippen LogP contribution is 2.32. The molecule has 1 aliphatic rings. The minimum absolute atomic E-state index is 0.384. The van der Waals surface area contributed by atoms with Crippen molar-refractivity contribution in [2.75, 3.05) is 12.4 Å². The summed E-state index contributed by atoms with van der Waals surface area (Å²) in [6, 6.07) is 10.0. The van der Waals surface area contributed by atoms with Crippen molar-refractivity contribution in [3.63, 3.8) is 0 Å². The second-order valence-electron chi connectivity index (χ2n) is 6.36. The number of rotatable bonds is 6. The third-order valence-corrected chi connectivity index (χ3v) is 5.47. The third kappa shape index (κ3) is 3.67. The van der Waals surface area contributed by atoms with E-state index in [1.165, 1.54) is 24.4 Å². The topological polar surface area (TPSA) is 114 Å². The lowest BCUT2D eigenvalue weighted by Crippen LogP contribution is -2.33. The molecule has 3 N–H and O–H groups in total. The lowest BCUT2D eigenvalue weighted by molar-refractivity contribution is -0.0511. The minimum atomic E-state index is -1.19. The van der Waals surface area contributed by atoms with E-state index in [0.29, 0.717) is 21.9 Å². The monoisotopic (exact) mass is 400 g/mol. The highest BCUT2D eigenvalue weighted by Gasteiger charge is 2.44. The maximum atomic E-state index is 10.2. The number of aliphatic hydroxyl groups excluding tert-OH is 3. The predicted octanol–water partition coefficient (Wildman–Crippen LogP) is 1.24. The molecule has 8 nitrogen and oxygen atoms in total. The summed E-state index contributed by atoms with van der Waals surface area (Å²) in [7, 11) is 0. The normalized spacial score (nSPS) is 25.1. The summed E-state index contributed by atoms with van der Waals surface area (Å²) < 4.78 is 7.13. The first kappa shape index (κ1) is 19.0. The van der Waals surface area contributed by atoms with Gasteiger partial charge in [0, 0.05) is 5.75 Å². The molecule has 4 rings (SSSR count). The summed E-state index contributed by atoms with van der Waals surface area (Å²) in [6.45, 7) is -0.384. The number of ether oxygens (including phenoxy) is 1. The minimum Gasteiger partial charge on any atom is -0.394 e. The second kappa shape index (κ2) is 8.38. The maximum Gasteiger partial charge on any atom is 0.166 e. The van der Waals surface area contributed by atoms with Gasteiger partial charge in [-0.05, 0) is 5.56 Å². The Bertz CT molecular complexity index is 965. The van der Waals surface area contributed by atoms with Gasteiger partial charge in [0.25, 0.3) is 0 Å². The van der Waals surface area contributed by atoms with Gasteiger partial charge in [-0.3, -0.25) is 4.57 Å². The number of fused-ring (bicyclic) bond motifs is 1. The maximum absolute atomic E-state index is 10.2. The van der Waals surface area contributed by atoms with E-state index < -0.39 is 24.5 Å². The van der Waals surface area contributed by atoms with Crippen LogP contribution in [0.15, 0.2) is 54.1 Å². The average Bonchev–Trinajstić information content (AvgIpc) is 3.28. The Balaban J connectivity index is 1.52. The van der Waals surface area contributed by atoms with Crippen LogP contribution in [0.2, 0.25) is 0 Å². The Morgan fingerprint density at radius 2 is 1.93 bits per heavy atom. The molecule has 1 fully saturated rings. The van der Waals surface area contributed by atoms with Crippen LogP contribution in [0.5, 0.6) is 0 Å². The molecule has 0 amide bonds. The van der Waals surface area contributed by atoms with Crippen molar-refractivity contribution in [2.45, 2.75) is 29.6 Å². The van der Waals surface area contributed by atoms with Gasteiger partial charge in [-0.1, -0.05) is 54.2 Å². The summed E-state index contributed by atoms with van der Waals surface area (Å²) in [5.41, 5.74) is 2.22. The first-order valence-corrected chi connectivity index (χ1v) is 9.82. The zero-order valence-corrected chi connectivity index (χ0v) is 15.7. The van der Waals surface area contributed by atoms with Gasteiger partial charge >= 0.3 is 0 Å². The highest BCUT2D eigenvalue weighted by atomic mass is 32.2. The fourth-order valence-corrected chi connectivity index (χ4v) is 3.86. The number of benzene rings is 1. The summed E-state index contributed by atoms with van der Waals surface area (Å²) in [5.74, 6) is 0.710. The lowest BCUT2D eigenvalue weighted by atomic mass is 10.1. The molecule has 4 unspecified atom stereocenters. The Morgan fingerprint density at radius 3 is 2.68 bits per heavy atom. The van der Waals surface area contributed by atoms with Crippen LogP contribution < -0.4 is 0 Å². The molecule has 2 aromatic heterocycles. The fourth-order valence-electron chi connectivity index (χ4n) is 3.11. The SMILES string of the molecule is OCC1OC(n2cnc3c(SC/C=C\c4ccccc4)ncnc32)C(O)C1O. The molecule has 1 aromatic carbocycles. The smallest absolute Gasteiger partial charge is 0.166 e. The molecule has 3 aromatic rings. The van der Waals surface area contributed by atoms with Crippen molar-refractivity contribution in [2.24, 2.45) is 0 Å². The van der Waals surface area contributed by atoms with Gasteiger partial charge in [0.15, 0.2) is 11.9 Å². The van der Waals surface area contributed by atoms with E-state index in [1.807, 2.05) is 36.4 Å². The number of nitrogens with zero attached hydrogens (tertiary/aromatic N) is 4. The third-order valence-electron chi connectivity index (χ3n) is 4.54. The van der Waals surface area contributed by atoms with Crippen LogP contribution >= 0.6 is 11.8 Å². The molecular formula is C19H20N4O4S. The molecule has 3 heterocycles. The zero-order valence-electron chi connectivity index (χ0n) is 14.9. The van der Waals surface area contributed by atoms with Gasteiger partial charge in [-0.15, -0.1) is 0 Å². The molecule has 28 heavy (non-hydrogen) atoms. The summed E-state index contributed by atoms with van der Waals surface area (Å²) >= 11 is 1.52. The Morgan fingerprint density at radius 1 is 1.11 bits per heavy atom. The highest BCUT2D eigenvalue weighted by molar-refractivity contribution is 7.99. The number of thioether (sulfide) groups is 1. The zero-order chi connectivity index (χ0) is 19.5. The Labute approximate surface area is 165 Å². The number of aliphatic hydroxyl groups is 3. The molecule has 9 heteroatoms.